The van der Waals surface area contributed by atoms with Gasteiger partial charge in [-0.15, -0.1) is 5.10 Å². The summed E-state index contributed by atoms with van der Waals surface area (Å²) in [5.41, 5.74) is 1.22. The number of pyridine rings is 1. The van der Waals surface area contributed by atoms with Crippen molar-refractivity contribution in [1.29, 1.82) is 0 Å². The molecule has 0 saturated heterocycles. The van der Waals surface area contributed by atoms with E-state index in [0.29, 0.717) is 18.4 Å². The van der Waals surface area contributed by atoms with Crippen LogP contribution in [0.2, 0.25) is 0 Å². The van der Waals surface area contributed by atoms with Crippen molar-refractivity contribution >= 4 is 17.3 Å². The summed E-state index contributed by atoms with van der Waals surface area (Å²) in [4.78, 5) is 15.4. The zero-order valence-electron chi connectivity index (χ0n) is 11.1. The normalized spacial score (nSPS) is 10.2. The van der Waals surface area contributed by atoms with E-state index >= 15 is 0 Å². The molecule has 0 spiro atoms. The maximum absolute atomic E-state index is 11.4. The van der Waals surface area contributed by atoms with E-state index in [1.165, 1.54) is 5.56 Å². The highest BCUT2D eigenvalue weighted by molar-refractivity contribution is 7.14. The Bertz CT molecular complexity index is 545. The summed E-state index contributed by atoms with van der Waals surface area (Å²) in [6.07, 6.45) is 5.31. The van der Waals surface area contributed by atoms with Crippen LogP contribution in [-0.4, -0.2) is 34.4 Å². The van der Waals surface area contributed by atoms with Crippen LogP contribution in [0.3, 0.4) is 0 Å². The number of carbonyl (C=O) groups is 1. The van der Waals surface area contributed by atoms with Gasteiger partial charge in [-0.2, -0.15) is 0 Å². The predicted octanol–water partition coefficient (Wildman–Crippen LogP) is 2.12. The quantitative estimate of drug-likeness (QED) is 0.575. The molecule has 6 nitrogen and oxygen atoms in total. The van der Waals surface area contributed by atoms with E-state index < -0.39 is 5.97 Å². The number of hydrogen-bond acceptors (Lipinski definition) is 7. The van der Waals surface area contributed by atoms with Crippen molar-refractivity contribution < 1.29 is 14.3 Å². The predicted molar refractivity (Wildman–Crippen MR) is 73.9 cm³/mol. The van der Waals surface area contributed by atoms with Gasteiger partial charge in [0.1, 0.15) is 0 Å². The van der Waals surface area contributed by atoms with Gasteiger partial charge in [-0.25, -0.2) is 4.79 Å². The van der Waals surface area contributed by atoms with Crippen LogP contribution in [0.5, 0.6) is 5.19 Å². The summed E-state index contributed by atoms with van der Waals surface area (Å²) in [7, 11) is 0. The Morgan fingerprint density at radius 1 is 1.30 bits per heavy atom. The molecule has 0 atom stereocenters. The van der Waals surface area contributed by atoms with Crippen molar-refractivity contribution in [3.05, 3.63) is 35.1 Å². The van der Waals surface area contributed by atoms with Gasteiger partial charge in [0, 0.05) is 12.4 Å². The number of rotatable bonds is 7. The number of aryl methyl sites for hydroxylation is 1. The lowest BCUT2D eigenvalue weighted by molar-refractivity contribution is 0.0525. The highest BCUT2D eigenvalue weighted by atomic mass is 32.1. The topological polar surface area (TPSA) is 74.2 Å². The molecule has 0 aromatic carbocycles. The first-order valence-electron chi connectivity index (χ1n) is 6.32. The summed E-state index contributed by atoms with van der Waals surface area (Å²) in [6, 6.07) is 3.95. The Morgan fingerprint density at radius 3 is 2.85 bits per heavy atom. The minimum atomic E-state index is -0.461. The number of aromatic nitrogens is 3. The molecule has 2 aromatic heterocycles. The van der Waals surface area contributed by atoms with Gasteiger partial charge >= 0.3 is 5.97 Å². The van der Waals surface area contributed by atoms with Crippen molar-refractivity contribution in [1.82, 2.24) is 15.2 Å². The molecule has 0 N–H and O–H groups in total. The third-order valence-corrected chi connectivity index (χ3v) is 3.26. The van der Waals surface area contributed by atoms with Crippen LogP contribution in [0.1, 0.15) is 28.7 Å². The summed E-state index contributed by atoms with van der Waals surface area (Å²) in [5, 5.41) is 8.14. The first-order chi connectivity index (χ1) is 9.79. The molecule has 106 valence electrons. The van der Waals surface area contributed by atoms with E-state index in [1.54, 1.807) is 19.3 Å². The van der Waals surface area contributed by atoms with Gasteiger partial charge in [0.25, 0.3) is 5.19 Å². The molecule has 0 fully saturated rings. The molecular weight excluding hydrogens is 278 g/mol. The Morgan fingerprint density at radius 2 is 2.10 bits per heavy atom. The smallest absolute Gasteiger partial charge is 0.369 e. The van der Waals surface area contributed by atoms with Crippen LogP contribution in [0.25, 0.3) is 0 Å². The lowest BCUT2D eigenvalue weighted by Crippen LogP contribution is -2.03. The summed E-state index contributed by atoms with van der Waals surface area (Å²) >= 11 is 1.10. The molecule has 0 radical (unpaired) electrons. The zero-order valence-corrected chi connectivity index (χ0v) is 11.9. The third kappa shape index (κ3) is 4.27. The van der Waals surface area contributed by atoms with Gasteiger partial charge in [0.2, 0.25) is 5.01 Å². The van der Waals surface area contributed by atoms with Crippen molar-refractivity contribution in [3.8, 4) is 5.19 Å². The Hall–Kier alpha value is -2.02. The number of esters is 1. The maximum atomic E-state index is 11.4. The summed E-state index contributed by atoms with van der Waals surface area (Å²) < 4.78 is 10.3. The largest absolute Gasteiger partial charge is 0.469 e. The first kappa shape index (κ1) is 14.4. The first-order valence-corrected chi connectivity index (χ1v) is 7.13. The number of nitrogens with zero attached hydrogens (tertiary/aromatic N) is 3. The fourth-order valence-corrected chi connectivity index (χ4v) is 2.14. The molecular formula is C13H15N3O3S. The highest BCUT2D eigenvalue weighted by Crippen LogP contribution is 2.18. The molecule has 2 aromatic rings. The average Bonchev–Trinajstić information content (AvgIpc) is 2.94. The van der Waals surface area contributed by atoms with Gasteiger partial charge in [-0.1, -0.05) is 5.10 Å². The molecule has 2 rings (SSSR count). The lowest BCUT2D eigenvalue weighted by Gasteiger charge is -2.01. The van der Waals surface area contributed by atoms with Gasteiger partial charge in [0.05, 0.1) is 13.2 Å². The Balaban J connectivity index is 1.73. The molecule has 0 unspecified atom stereocenters. The monoisotopic (exact) mass is 293 g/mol. The van der Waals surface area contributed by atoms with E-state index in [4.69, 9.17) is 9.47 Å². The third-order valence-electron chi connectivity index (χ3n) is 2.44. The molecule has 2 heterocycles. The van der Waals surface area contributed by atoms with Crippen molar-refractivity contribution in [2.75, 3.05) is 13.2 Å². The number of carbonyl (C=O) groups excluding carboxylic acids is 1. The zero-order chi connectivity index (χ0) is 14.2. The molecule has 7 heteroatoms. The number of hydrogen-bond donors (Lipinski definition) is 0. The second kappa shape index (κ2) is 7.54. The lowest BCUT2D eigenvalue weighted by atomic mass is 10.1. The van der Waals surface area contributed by atoms with Gasteiger partial charge < -0.3 is 9.47 Å². The van der Waals surface area contributed by atoms with Crippen LogP contribution in [-0.2, 0) is 11.2 Å². The molecule has 0 aliphatic rings. The van der Waals surface area contributed by atoms with Gasteiger partial charge in [-0.3, -0.25) is 4.98 Å². The van der Waals surface area contributed by atoms with E-state index in [2.05, 4.69) is 15.2 Å². The Kier molecular flexibility index (Phi) is 5.43. The van der Waals surface area contributed by atoms with Crippen LogP contribution < -0.4 is 4.74 Å². The second-order valence-electron chi connectivity index (χ2n) is 3.90. The fraction of sp³-hybridized carbons (Fsp3) is 0.385. The highest BCUT2D eigenvalue weighted by Gasteiger charge is 2.14. The number of ether oxygens (including phenoxy) is 2. The van der Waals surface area contributed by atoms with E-state index in [1.807, 2.05) is 12.1 Å². The summed E-state index contributed by atoms with van der Waals surface area (Å²) in [6.45, 7) is 2.59. The van der Waals surface area contributed by atoms with Crippen LogP contribution in [0, 0.1) is 0 Å². The average molecular weight is 293 g/mol. The molecule has 0 aliphatic heterocycles. The van der Waals surface area contributed by atoms with Gasteiger partial charge in [-0.05, 0) is 48.8 Å². The molecule has 0 amide bonds. The van der Waals surface area contributed by atoms with E-state index in [0.717, 1.165) is 24.2 Å². The van der Waals surface area contributed by atoms with E-state index in [9.17, 15) is 4.79 Å². The standard InChI is InChI=1S/C13H15N3O3S/c1-2-18-12(17)11-15-16-13(20-11)19-9-3-4-10-5-7-14-8-6-10/h5-8H,2-4,9H2,1H3. The van der Waals surface area contributed by atoms with Crippen LogP contribution in [0.15, 0.2) is 24.5 Å². The Labute approximate surface area is 120 Å². The molecule has 20 heavy (non-hydrogen) atoms. The SMILES string of the molecule is CCOC(=O)c1nnc(OCCCc2ccncc2)s1. The molecule has 0 aliphatic carbocycles. The summed E-state index contributed by atoms with van der Waals surface area (Å²) in [5.74, 6) is -0.461. The second-order valence-corrected chi connectivity index (χ2v) is 4.84. The van der Waals surface area contributed by atoms with Crippen LogP contribution >= 0.6 is 11.3 Å². The molecule has 0 bridgehead atoms. The van der Waals surface area contributed by atoms with Crippen molar-refractivity contribution in [3.63, 3.8) is 0 Å². The minimum Gasteiger partial charge on any atom is -0.469 e. The minimum absolute atomic E-state index is 0.219. The van der Waals surface area contributed by atoms with Crippen molar-refractivity contribution in [2.24, 2.45) is 0 Å². The maximum Gasteiger partial charge on any atom is 0.369 e. The van der Waals surface area contributed by atoms with Gasteiger partial charge in [0.15, 0.2) is 0 Å². The molecule has 0 saturated carbocycles. The fourth-order valence-electron chi connectivity index (χ4n) is 1.53. The van der Waals surface area contributed by atoms with Crippen molar-refractivity contribution in [2.45, 2.75) is 19.8 Å². The van der Waals surface area contributed by atoms with E-state index in [-0.39, 0.29) is 5.01 Å². The van der Waals surface area contributed by atoms with Crippen LogP contribution in [0.4, 0.5) is 0 Å².